The van der Waals surface area contributed by atoms with E-state index in [9.17, 15) is 13.2 Å². The van der Waals surface area contributed by atoms with Gasteiger partial charge >= 0.3 is 0 Å². The molecule has 2 aromatic carbocycles. The molecular formula is C22H25N3O4S2. The van der Waals surface area contributed by atoms with Crippen LogP contribution in [0.2, 0.25) is 0 Å². The van der Waals surface area contributed by atoms with Crippen LogP contribution in [0.5, 0.6) is 0 Å². The fourth-order valence-corrected chi connectivity index (χ4v) is 5.59. The Labute approximate surface area is 186 Å². The van der Waals surface area contributed by atoms with Crippen molar-refractivity contribution in [3.8, 4) is 0 Å². The van der Waals surface area contributed by atoms with Gasteiger partial charge in [-0.2, -0.15) is 0 Å². The van der Waals surface area contributed by atoms with Gasteiger partial charge in [0, 0.05) is 6.61 Å². The monoisotopic (exact) mass is 459 g/mol. The summed E-state index contributed by atoms with van der Waals surface area (Å²) < 4.78 is 33.1. The summed E-state index contributed by atoms with van der Waals surface area (Å²) in [5, 5.41) is 0.555. The van der Waals surface area contributed by atoms with E-state index in [1.165, 1.54) is 15.6 Å². The van der Waals surface area contributed by atoms with Crippen molar-refractivity contribution in [2.75, 3.05) is 35.2 Å². The predicted octanol–water partition coefficient (Wildman–Crippen LogP) is 3.58. The highest BCUT2D eigenvalue weighted by Crippen LogP contribution is 2.30. The zero-order valence-electron chi connectivity index (χ0n) is 17.5. The van der Waals surface area contributed by atoms with E-state index in [1.54, 1.807) is 17.0 Å². The van der Waals surface area contributed by atoms with Crippen molar-refractivity contribution in [2.24, 2.45) is 0 Å². The Balaban J connectivity index is 1.67. The molecule has 31 heavy (non-hydrogen) atoms. The van der Waals surface area contributed by atoms with Gasteiger partial charge in [0.15, 0.2) is 5.13 Å². The standard InChI is InChI=1S/C22H25N3O4S2/c1-16-8-3-5-11-19(16)25(31(2,27)28)15-21(26)24(14-17-9-7-13-29-17)22-23-18-10-4-6-12-20(18)30-22/h3-6,8,10-12,17H,7,9,13-15H2,1-2H3/t17-/m1/s1. The van der Waals surface area contributed by atoms with Gasteiger partial charge in [-0.3, -0.25) is 14.0 Å². The van der Waals surface area contributed by atoms with E-state index in [1.807, 2.05) is 43.3 Å². The van der Waals surface area contributed by atoms with Crippen LogP contribution in [0.25, 0.3) is 10.2 Å². The summed E-state index contributed by atoms with van der Waals surface area (Å²) in [5.74, 6) is -0.330. The van der Waals surface area contributed by atoms with E-state index in [0.717, 1.165) is 34.9 Å². The van der Waals surface area contributed by atoms with E-state index in [-0.39, 0.29) is 18.6 Å². The summed E-state index contributed by atoms with van der Waals surface area (Å²) >= 11 is 1.42. The van der Waals surface area contributed by atoms with E-state index in [0.29, 0.717) is 24.0 Å². The molecule has 7 nitrogen and oxygen atoms in total. The quantitative estimate of drug-likeness (QED) is 0.540. The van der Waals surface area contributed by atoms with Crippen LogP contribution in [0.3, 0.4) is 0 Å². The lowest BCUT2D eigenvalue weighted by Gasteiger charge is -2.28. The van der Waals surface area contributed by atoms with E-state index < -0.39 is 10.0 Å². The molecule has 1 aliphatic rings. The Bertz CT molecular complexity index is 1150. The fraction of sp³-hybridized carbons (Fsp3) is 0.364. The van der Waals surface area contributed by atoms with Gasteiger partial charge in [-0.25, -0.2) is 13.4 Å². The molecular weight excluding hydrogens is 434 g/mol. The van der Waals surface area contributed by atoms with Crippen molar-refractivity contribution < 1.29 is 17.9 Å². The van der Waals surface area contributed by atoms with Crippen molar-refractivity contribution >= 4 is 48.3 Å². The third kappa shape index (κ3) is 4.89. The number of fused-ring (bicyclic) bond motifs is 1. The zero-order valence-corrected chi connectivity index (χ0v) is 19.2. The largest absolute Gasteiger partial charge is 0.376 e. The molecule has 164 valence electrons. The van der Waals surface area contributed by atoms with Crippen LogP contribution in [-0.4, -0.2) is 51.4 Å². The molecule has 0 unspecified atom stereocenters. The molecule has 0 aliphatic carbocycles. The lowest BCUT2D eigenvalue weighted by atomic mass is 10.2. The van der Waals surface area contributed by atoms with Crippen molar-refractivity contribution in [1.82, 2.24) is 4.98 Å². The number of aryl methyl sites for hydroxylation is 1. The second-order valence-corrected chi connectivity index (χ2v) is 10.6. The minimum absolute atomic E-state index is 0.0823. The van der Waals surface area contributed by atoms with Gasteiger partial charge < -0.3 is 4.74 Å². The first-order chi connectivity index (χ1) is 14.8. The maximum atomic E-state index is 13.5. The number of anilines is 2. The number of carbonyl (C=O) groups excluding carboxylic acids is 1. The van der Waals surface area contributed by atoms with Crippen molar-refractivity contribution in [2.45, 2.75) is 25.9 Å². The minimum atomic E-state index is -3.67. The number of benzene rings is 2. The van der Waals surface area contributed by atoms with Crippen LogP contribution in [0.15, 0.2) is 48.5 Å². The molecule has 9 heteroatoms. The molecule has 1 amide bonds. The molecule has 2 heterocycles. The first-order valence-electron chi connectivity index (χ1n) is 10.1. The molecule has 3 aromatic rings. The average Bonchev–Trinajstić information content (AvgIpc) is 3.39. The molecule has 4 rings (SSSR count). The number of para-hydroxylation sites is 2. The van der Waals surface area contributed by atoms with E-state index in [2.05, 4.69) is 4.98 Å². The average molecular weight is 460 g/mol. The topological polar surface area (TPSA) is 79.8 Å². The number of ether oxygens (including phenoxy) is 1. The Morgan fingerprint density at radius 1 is 1.19 bits per heavy atom. The zero-order chi connectivity index (χ0) is 22.0. The van der Waals surface area contributed by atoms with Crippen LogP contribution in [-0.2, 0) is 19.6 Å². The number of thiazole rings is 1. The molecule has 0 radical (unpaired) electrons. The van der Waals surface area contributed by atoms with Crippen molar-refractivity contribution in [3.05, 3.63) is 54.1 Å². The minimum Gasteiger partial charge on any atom is -0.376 e. The number of sulfonamides is 1. The molecule has 1 saturated heterocycles. The highest BCUT2D eigenvalue weighted by molar-refractivity contribution is 7.92. The second-order valence-electron chi connectivity index (χ2n) is 7.66. The molecule has 0 N–H and O–H groups in total. The highest BCUT2D eigenvalue weighted by atomic mass is 32.2. The van der Waals surface area contributed by atoms with Crippen molar-refractivity contribution in [3.63, 3.8) is 0 Å². The Hall–Kier alpha value is -2.49. The predicted molar refractivity (Wildman–Crippen MR) is 124 cm³/mol. The molecule has 1 atom stereocenters. The summed E-state index contributed by atoms with van der Waals surface area (Å²) in [6.07, 6.45) is 2.85. The molecule has 0 saturated carbocycles. The molecule has 1 aromatic heterocycles. The third-order valence-corrected chi connectivity index (χ3v) is 7.47. The van der Waals surface area contributed by atoms with E-state index in [4.69, 9.17) is 4.74 Å². The molecule has 0 spiro atoms. The number of amides is 1. The SMILES string of the molecule is Cc1ccccc1N(CC(=O)N(C[C@H]1CCCO1)c1nc2ccccc2s1)S(C)(=O)=O. The Kier molecular flexibility index (Phi) is 6.27. The summed E-state index contributed by atoms with van der Waals surface area (Å²) in [7, 11) is -3.67. The van der Waals surface area contributed by atoms with Crippen molar-refractivity contribution in [1.29, 1.82) is 0 Å². The molecule has 1 aliphatic heterocycles. The summed E-state index contributed by atoms with van der Waals surface area (Å²) in [6.45, 7) is 2.55. The van der Waals surface area contributed by atoms with Gasteiger partial charge in [-0.05, 0) is 43.5 Å². The number of carbonyl (C=O) groups is 1. The second kappa shape index (κ2) is 8.94. The smallest absolute Gasteiger partial charge is 0.249 e. The summed E-state index contributed by atoms with van der Waals surface area (Å²) in [5.41, 5.74) is 2.10. The van der Waals surface area contributed by atoms with Crippen LogP contribution < -0.4 is 9.21 Å². The molecule has 1 fully saturated rings. The van der Waals surface area contributed by atoms with Gasteiger partial charge in [-0.1, -0.05) is 41.7 Å². The van der Waals surface area contributed by atoms with Gasteiger partial charge in [0.2, 0.25) is 15.9 Å². The first kappa shape index (κ1) is 21.7. The number of nitrogens with zero attached hydrogens (tertiary/aromatic N) is 3. The molecule has 0 bridgehead atoms. The van der Waals surface area contributed by atoms with Crippen LogP contribution in [0.4, 0.5) is 10.8 Å². The lowest BCUT2D eigenvalue weighted by Crippen LogP contribution is -2.45. The maximum absolute atomic E-state index is 13.5. The van der Waals surface area contributed by atoms with Crippen LogP contribution in [0.1, 0.15) is 18.4 Å². The van der Waals surface area contributed by atoms with Gasteiger partial charge in [0.25, 0.3) is 0 Å². The van der Waals surface area contributed by atoms with Crippen LogP contribution in [0, 0.1) is 6.92 Å². The summed E-state index contributed by atoms with van der Waals surface area (Å²) in [4.78, 5) is 19.7. The van der Waals surface area contributed by atoms with Crippen LogP contribution >= 0.6 is 11.3 Å². The fourth-order valence-electron chi connectivity index (χ4n) is 3.69. The first-order valence-corrected chi connectivity index (χ1v) is 12.8. The third-order valence-electron chi connectivity index (χ3n) is 5.29. The number of hydrogen-bond acceptors (Lipinski definition) is 6. The Morgan fingerprint density at radius 3 is 2.61 bits per heavy atom. The maximum Gasteiger partial charge on any atom is 0.249 e. The Morgan fingerprint density at radius 2 is 1.94 bits per heavy atom. The van der Waals surface area contributed by atoms with E-state index >= 15 is 0 Å². The lowest BCUT2D eigenvalue weighted by molar-refractivity contribution is -0.117. The van der Waals surface area contributed by atoms with Gasteiger partial charge in [0.05, 0.1) is 34.8 Å². The van der Waals surface area contributed by atoms with Gasteiger partial charge in [0.1, 0.15) is 6.54 Å². The van der Waals surface area contributed by atoms with Gasteiger partial charge in [-0.15, -0.1) is 0 Å². The highest BCUT2D eigenvalue weighted by Gasteiger charge is 2.30. The summed E-state index contributed by atoms with van der Waals surface area (Å²) in [6, 6.07) is 14.8. The number of aromatic nitrogens is 1. The number of hydrogen-bond donors (Lipinski definition) is 0. The number of rotatable bonds is 7. The normalized spacial score (nSPS) is 16.5.